The molecule has 1 saturated heterocycles. The van der Waals surface area contributed by atoms with Gasteiger partial charge in [0.2, 0.25) is 5.91 Å². The summed E-state index contributed by atoms with van der Waals surface area (Å²) >= 11 is 11.6. The number of hydrogen-bond acceptors (Lipinski definition) is 3. The van der Waals surface area contributed by atoms with Crippen molar-refractivity contribution in [1.82, 2.24) is 4.31 Å². The van der Waals surface area contributed by atoms with Crippen LogP contribution in [0.4, 0.5) is 0 Å². The van der Waals surface area contributed by atoms with Crippen LogP contribution in [0.1, 0.15) is 18.0 Å². The number of carbonyl (C=O) groups excluding carboxylic acids is 1. The predicted octanol–water partition coefficient (Wildman–Crippen LogP) is 2.75. The minimum atomic E-state index is -4.07. The van der Waals surface area contributed by atoms with Crippen LogP contribution in [0.3, 0.4) is 0 Å². The molecule has 1 unspecified atom stereocenters. The van der Waals surface area contributed by atoms with Gasteiger partial charge in [-0.05, 0) is 23.8 Å². The van der Waals surface area contributed by atoms with E-state index in [2.05, 4.69) is 0 Å². The molecular formula is C9H6Cl3NO3S. The first-order valence-electron chi connectivity index (χ1n) is 4.52. The number of amides is 1. The summed E-state index contributed by atoms with van der Waals surface area (Å²) in [5.41, 5.74) is 0.548. The summed E-state index contributed by atoms with van der Waals surface area (Å²) < 4.78 is 23.0. The van der Waals surface area contributed by atoms with Crippen LogP contribution >= 0.6 is 33.9 Å². The summed E-state index contributed by atoms with van der Waals surface area (Å²) in [4.78, 5) is 11.2. The first-order valence-corrected chi connectivity index (χ1v) is 7.54. The SMILES string of the molecule is O=C1CC(c2cc(Cl)cc(Cl)c2)N1S(=O)(=O)Cl. The summed E-state index contributed by atoms with van der Waals surface area (Å²) in [5.74, 6) is -0.541. The second kappa shape index (κ2) is 4.31. The largest absolute Gasteiger partial charge is 0.324 e. The predicted molar refractivity (Wildman–Crippen MR) is 65.4 cm³/mol. The third-order valence-corrected chi connectivity index (χ3v) is 4.21. The Morgan fingerprint density at radius 3 is 2.12 bits per heavy atom. The third kappa shape index (κ3) is 2.52. The highest BCUT2D eigenvalue weighted by Gasteiger charge is 2.44. The first kappa shape index (κ1) is 13.0. The van der Waals surface area contributed by atoms with E-state index < -0.39 is 21.2 Å². The zero-order valence-electron chi connectivity index (χ0n) is 8.23. The van der Waals surface area contributed by atoms with Crippen molar-refractivity contribution < 1.29 is 13.2 Å². The molecule has 0 bridgehead atoms. The Morgan fingerprint density at radius 2 is 1.71 bits per heavy atom. The minimum absolute atomic E-state index is 0.0720. The Morgan fingerprint density at radius 1 is 1.18 bits per heavy atom. The summed E-state index contributed by atoms with van der Waals surface area (Å²) in [6.45, 7) is 0. The van der Waals surface area contributed by atoms with Gasteiger partial charge in [-0.3, -0.25) is 4.79 Å². The average molecular weight is 315 g/mol. The van der Waals surface area contributed by atoms with Crippen LogP contribution in [0, 0.1) is 0 Å². The number of hydrogen-bond donors (Lipinski definition) is 0. The number of halogens is 3. The highest BCUT2D eigenvalue weighted by Crippen LogP contribution is 2.39. The normalized spacial score (nSPS) is 20.3. The van der Waals surface area contributed by atoms with Crippen molar-refractivity contribution in [2.45, 2.75) is 12.5 Å². The minimum Gasteiger partial charge on any atom is -0.274 e. The third-order valence-electron chi connectivity index (χ3n) is 2.40. The van der Waals surface area contributed by atoms with E-state index in [4.69, 9.17) is 33.9 Å². The second-order valence-corrected chi connectivity index (χ2v) is 6.81. The Kier molecular flexibility index (Phi) is 3.29. The van der Waals surface area contributed by atoms with E-state index in [0.29, 0.717) is 19.9 Å². The molecule has 0 aliphatic carbocycles. The van der Waals surface area contributed by atoms with Gasteiger partial charge in [-0.15, -0.1) is 0 Å². The standard InChI is InChI=1S/C9H6Cl3NO3S/c10-6-1-5(2-7(11)3-6)8-4-9(14)13(8)17(12,15)16/h1-3,8H,4H2. The maximum Gasteiger partial charge on any atom is 0.324 e. The second-order valence-electron chi connectivity index (χ2n) is 3.55. The Hall–Kier alpha value is -0.490. The highest BCUT2D eigenvalue weighted by molar-refractivity contribution is 8.12. The maximum absolute atomic E-state index is 11.2. The molecule has 0 N–H and O–H groups in total. The zero-order valence-corrected chi connectivity index (χ0v) is 11.3. The molecular weight excluding hydrogens is 309 g/mol. The van der Waals surface area contributed by atoms with Gasteiger partial charge < -0.3 is 0 Å². The van der Waals surface area contributed by atoms with Crippen molar-refractivity contribution in [2.75, 3.05) is 0 Å². The van der Waals surface area contributed by atoms with Gasteiger partial charge in [0.15, 0.2) is 0 Å². The Bertz CT molecular complexity index is 567. The summed E-state index contributed by atoms with van der Waals surface area (Å²) in [7, 11) is 1.10. The topological polar surface area (TPSA) is 54.5 Å². The molecule has 2 rings (SSSR count). The summed E-state index contributed by atoms with van der Waals surface area (Å²) in [6, 6.07) is 4.01. The molecule has 0 spiro atoms. The van der Waals surface area contributed by atoms with E-state index in [9.17, 15) is 13.2 Å². The Balaban J connectivity index is 2.39. The summed E-state index contributed by atoms with van der Waals surface area (Å²) in [5, 5.41) is 0.748. The molecule has 1 atom stereocenters. The van der Waals surface area contributed by atoms with Gasteiger partial charge in [0.05, 0.1) is 12.5 Å². The van der Waals surface area contributed by atoms with Crippen molar-refractivity contribution >= 4 is 49.0 Å². The lowest BCUT2D eigenvalue weighted by molar-refractivity contribution is -0.137. The van der Waals surface area contributed by atoms with Gasteiger partial charge in [-0.25, -0.2) is 4.31 Å². The lowest BCUT2D eigenvalue weighted by atomic mass is 9.97. The summed E-state index contributed by atoms with van der Waals surface area (Å²) in [6.07, 6.45) is 0.0720. The van der Waals surface area contributed by atoms with Gasteiger partial charge >= 0.3 is 9.24 Å². The molecule has 8 heteroatoms. The fourth-order valence-corrected chi connectivity index (χ4v) is 3.57. The Labute approximate surface area is 113 Å². The lowest BCUT2D eigenvalue weighted by Gasteiger charge is -2.37. The van der Waals surface area contributed by atoms with Crippen LogP contribution in [0.15, 0.2) is 18.2 Å². The number of β-lactam (4-membered cyclic amide) rings is 1. The molecule has 1 aromatic rings. The number of benzene rings is 1. The fourth-order valence-electron chi connectivity index (χ4n) is 1.69. The van der Waals surface area contributed by atoms with E-state index in [1.54, 1.807) is 12.1 Å². The van der Waals surface area contributed by atoms with Crippen molar-refractivity contribution in [1.29, 1.82) is 0 Å². The van der Waals surface area contributed by atoms with Crippen LogP contribution < -0.4 is 0 Å². The molecule has 0 radical (unpaired) electrons. The molecule has 0 saturated carbocycles. The van der Waals surface area contributed by atoms with Gasteiger partial charge in [-0.1, -0.05) is 23.2 Å². The van der Waals surface area contributed by atoms with Gasteiger partial charge in [0, 0.05) is 20.7 Å². The molecule has 1 aliphatic rings. The molecule has 92 valence electrons. The van der Waals surface area contributed by atoms with Crippen LogP contribution in [0.5, 0.6) is 0 Å². The molecule has 1 amide bonds. The molecule has 4 nitrogen and oxygen atoms in total. The van der Waals surface area contributed by atoms with E-state index >= 15 is 0 Å². The zero-order chi connectivity index (χ0) is 12.8. The first-order chi connectivity index (χ1) is 7.79. The quantitative estimate of drug-likeness (QED) is 0.623. The van der Waals surface area contributed by atoms with E-state index in [0.717, 1.165) is 0 Å². The average Bonchev–Trinajstić information content (AvgIpc) is 2.08. The van der Waals surface area contributed by atoms with Crippen molar-refractivity contribution in [2.24, 2.45) is 0 Å². The van der Waals surface area contributed by atoms with Crippen LogP contribution in [0.2, 0.25) is 10.0 Å². The lowest BCUT2D eigenvalue weighted by Crippen LogP contribution is -2.47. The fraction of sp³-hybridized carbons (Fsp3) is 0.222. The molecule has 1 fully saturated rings. The highest BCUT2D eigenvalue weighted by atomic mass is 35.7. The molecule has 1 heterocycles. The van der Waals surface area contributed by atoms with Crippen molar-refractivity contribution in [3.8, 4) is 0 Å². The maximum atomic E-state index is 11.2. The van der Waals surface area contributed by atoms with E-state index in [1.165, 1.54) is 6.07 Å². The smallest absolute Gasteiger partial charge is 0.274 e. The van der Waals surface area contributed by atoms with Gasteiger partial charge in [0.1, 0.15) is 0 Å². The number of carbonyl (C=O) groups is 1. The number of rotatable bonds is 2. The van der Waals surface area contributed by atoms with Crippen molar-refractivity contribution in [3.63, 3.8) is 0 Å². The molecule has 1 aromatic carbocycles. The van der Waals surface area contributed by atoms with Crippen molar-refractivity contribution in [3.05, 3.63) is 33.8 Å². The van der Waals surface area contributed by atoms with Crippen LogP contribution in [-0.2, 0) is 14.0 Å². The van der Waals surface area contributed by atoms with E-state index in [1.807, 2.05) is 0 Å². The molecule has 1 aliphatic heterocycles. The number of nitrogens with zero attached hydrogens (tertiary/aromatic N) is 1. The van der Waals surface area contributed by atoms with Crippen LogP contribution in [-0.4, -0.2) is 18.6 Å². The van der Waals surface area contributed by atoms with E-state index in [-0.39, 0.29) is 6.42 Å². The monoisotopic (exact) mass is 313 g/mol. The van der Waals surface area contributed by atoms with Gasteiger partial charge in [0.25, 0.3) is 0 Å². The van der Waals surface area contributed by atoms with Gasteiger partial charge in [-0.2, -0.15) is 8.42 Å². The molecule has 0 aromatic heterocycles. The van der Waals surface area contributed by atoms with Crippen LogP contribution in [0.25, 0.3) is 0 Å². The molecule has 17 heavy (non-hydrogen) atoms.